The van der Waals surface area contributed by atoms with E-state index in [1.54, 1.807) is 18.2 Å². The molecule has 0 radical (unpaired) electrons. The van der Waals surface area contributed by atoms with Crippen molar-refractivity contribution in [1.82, 2.24) is 9.97 Å². The lowest BCUT2D eigenvalue weighted by Gasteiger charge is -2.09. The van der Waals surface area contributed by atoms with Crippen LogP contribution in [0.4, 0.5) is 5.69 Å². The monoisotopic (exact) mass is 327 g/mol. The van der Waals surface area contributed by atoms with Crippen LogP contribution in [0.3, 0.4) is 0 Å². The highest BCUT2D eigenvalue weighted by atomic mass is 35.5. The zero-order chi connectivity index (χ0) is 14.7. The summed E-state index contributed by atoms with van der Waals surface area (Å²) in [4.78, 5) is 20.2. The Morgan fingerprint density at radius 1 is 1.35 bits per heavy atom. The fourth-order valence-corrected chi connectivity index (χ4v) is 2.39. The van der Waals surface area contributed by atoms with E-state index in [0.29, 0.717) is 15.9 Å². The molecule has 4 nitrogen and oxygen atoms in total. The van der Waals surface area contributed by atoms with Crippen molar-refractivity contribution in [2.45, 2.75) is 12.1 Å². The maximum Gasteiger partial charge on any atom is 0.260 e. The molecule has 104 valence electrons. The number of benzene rings is 1. The largest absolute Gasteiger partial charge is 0.322 e. The normalized spacial score (nSPS) is 10.4. The molecule has 1 heterocycles. The number of aryl methyl sites for hydroxylation is 1. The molecule has 0 fully saturated rings. The zero-order valence-corrected chi connectivity index (χ0v) is 13.1. The molecule has 0 aliphatic carbocycles. The third kappa shape index (κ3) is 3.42. The molecular weight excluding hydrogens is 317 g/mol. The number of nitrogens with one attached hydrogen (secondary N) is 1. The summed E-state index contributed by atoms with van der Waals surface area (Å²) in [6, 6.07) is 5.21. The molecule has 1 aromatic heterocycles. The molecule has 1 N–H and O–H groups in total. The number of carbonyl (C=O) groups excluding carboxylic acids is 1. The molecule has 0 saturated carbocycles. The van der Waals surface area contributed by atoms with Gasteiger partial charge < -0.3 is 5.32 Å². The van der Waals surface area contributed by atoms with Crippen LogP contribution in [0, 0.1) is 6.92 Å². The number of amides is 1. The van der Waals surface area contributed by atoms with Gasteiger partial charge in [-0.15, -0.1) is 0 Å². The second-order valence-corrected chi connectivity index (χ2v) is 5.54. The number of rotatable bonds is 3. The highest BCUT2D eigenvalue weighted by Crippen LogP contribution is 2.22. The van der Waals surface area contributed by atoms with Gasteiger partial charge in [0.15, 0.2) is 5.16 Å². The van der Waals surface area contributed by atoms with Gasteiger partial charge in [0.05, 0.1) is 5.56 Å². The number of nitrogens with zero attached hydrogens (tertiary/aromatic N) is 2. The molecule has 2 aromatic rings. The summed E-state index contributed by atoms with van der Waals surface area (Å²) in [5, 5.41) is 4.04. The Morgan fingerprint density at radius 2 is 2.10 bits per heavy atom. The number of hydrogen-bond acceptors (Lipinski definition) is 4. The van der Waals surface area contributed by atoms with E-state index in [2.05, 4.69) is 15.3 Å². The van der Waals surface area contributed by atoms with Crippen LogP contribution in [0.25, 0.3) is 0 Å². The van der Waals surface area contributed by atoms with Crippen molar-refractivity contribution in [2.24, 2.45) is 0 Å². The Bertz CT molecular complexity index is 664. The smallest absolute Gasteiger partial charge is 0.260 e. The fraction of sp³-hybridized carbons (Fsp3) is 0.154. The predicted molar refractivity (Wildman–Crippen MR) is 83.0 cm³/mol. The molecule has 2 rings (SSSR count). The van der Waals surface area contributed by atoms with Gasteiger partial charge in [-0.3, -0.25) is 4.79 Å². The van der Waals surface area contributed by atoms with Gasteiger partial charge >= 0.3 is 0 Å². The van der Waals surface area contributed by atoms with E-state index in [0.717, 1.165) is 5.56 Å². The number of hydrogen-bond donors (Lipinski definition) is 1. The van der Waals surface area contributed by atoms with Crippen LogP contribution in [0.2, 0.25) is 10.2 Å². The van der Waals surface area contributed by atoms with E-state index >= 15 is 0 Å². The van der Waals surface area contributed by atoms with Gasteiger partial charge in [-0.25, -0.2) is 9.97 Å². The lowest BCUT2D eigenvalue weighted by atomic mass is 10.2. The van der Waals surface area contributed by atoms with Crippen LogP contribution in [0.1, 0.15) is 15.9 Å². The van der Waals surface area contributed by atoms with Gasteiger partial charge in [0.1, 0.15) is 5.15 Å². The summed E-state index contributed by atoms with van der Waals surface area (Å²) in [5.41, 5.74) is 1.77. The van der Waals surface area contributed by atoms with Crippen molar-refractivity contribution in [1.29, 1.82) is 0 Å². The number of aromatic nitrogens is 2. The standard InChI is InChI=1S/C13H11Cl2N3OS/c1-7-5-8(14)3-4-10(7)17-12(19)9-6-16-13(20-2)18-11(9)15/h3-6H,1-2H3,(H,17,19). The molecule has 1 aromatic carbocycles. The Kier molecular flexibility index (Phi) is 4.86. The fourth-order valence-electron chi connectivity index (χ4n) is 1.55. The molecule has 0 spiro atoms. The summed E-state index contributed by atoms with van der Waals surface area (Å²) in [6.07, 6.45) is 3.25. The van der Waals surface area contributed by atoms with Crippen molar-refractivity contribution in [3.8, 4) is 0 Å². The third-order valence-electron chi connectivity index (χ3n) is 2.58. The average molecular weight is 328 g/mol. The minimum Gasteiger partial charge on any atom is -0.322 e. The summed E-state index contributed by atoms with van der Waals surface area (Å²) < 4.78 is 0. The summed E-state index contributed by atoms with van der Waals surface area (Å²) >= 11 is 13.2. The van der Waals surface area contributed by atoms with Gasteiger partial charge in [-0.2, -0.15) is 0 Å². The first-order valence-electron chi connectivity index (χ1n) is 5.65. The van der Waals surface area contributed by atoms with Gasteiger partial charge in [0.2, 0.25) is 0 Å². The molecule has 20 heavy (non-hydrogen) atoms. The van der Waals surface area contributed by atoms with E-state index in [9.17, 15) is 4.79 Å². The predicted octanol–water partition coefficient (Wildman–Crippen LogP) is 4.07. The lowest BCUT2D eigenvalue weighted by molar-refractivity contribution is 0.102. The third-order valence-corrected chi connectivity index (χ3v) is 3.67. The van der Waals surface area contributed by atoms with Crippen LogP contribution in [-0.4, -0.2) is 22.1 Å². The summed E-state index contributed by atoms with van der Waals surface area (Å²) in [6.45, 7) is 1.86. The Hall–Kier alpha value is -1.30. The van der Waals surface area contributed by atoms with Crippen molar-refractivity contribution in [3.05, 3.63) is 45.7 Å². The second-order valence-electron chi connectivity index (χ2n) is 3.97. The van der Waals surface area contributed by atoms with Crippen molar-refractivity contribution >= 4 is 46.6 Å². The van der Waals surface area contributed by atoms with Gasteiger partial charge in [-0.1, -0.05) is 35.0 Å². The molecule has 0 atom stereocenters. The summed E-state index contributed by atoms with van der Waals surface area (Å²) in [5.74, 6) is -0.354. The minimum absolute atomic E-state index is 0.133. The number of anilines is 1. The van der Waals surface area contributed by atoms with Crippen molar-refractivity contribution < 1.29 is 4.79 Å². The van der Waals surface area contributed by atoms with Crippen molar-refractivity contribution in [3.63, 3.8) is 0 Å². The highest BCUT2D eigenvalue weighted by molar-refractivity contribution is 7.98. The second kappa shape index (κ2) is 6.43. The molecule has 0 aliphatic heterocycles. The topological polar surface area (TPSA) is 54.9 Å². The summed E-state index contributed by atoms with van der Waals surface area (Å²) in [7, 11) is 0. The maximum atomic E-state index is 12.2. The highest BCUT2D eigenvalue weighted by Gasteiger charge is 2.14. The maximum absolute atomic E-state index is 12.2. The molecule has 7 heteroatoms. The molecule has 0 unspecified atom stereocenters. The zero-order valence-electron chi connectivity index (χ0n) is 10.8. The van der Waals surface area contributed by atoms with Crippen LogP contribution in [0.5, 0.6) is 0 Å². The molecular formula is C13H11Cl2N3OS. The van der Waals surface area contributed by atoms with Crippen LogP contribution >= 0.6 is 35.0 Å². The van der Waals surface area contributed by atoms with Gasteiger partial charge in [0.25, 0.3) is 5.91 Å². The average Bonchev–Trinajstić information content (AvgIpc) is 2.41. The lowest BCUT2D eigenvalue weighted by Crippen LogP contribution is -2.14. The van der Waals surface area contributed by atoms with E-state index in [1.807, 2.05) is 13.2 Å². The van der Waals surface area contributed by atoms with Gasteiger partial charge in [-0.05, 0) is 36.9 Å². The number of halogens is 2. The SMILES string of the molecule is CSc1ncc(C(=O)Nc2ccc(Cl)cc2C)c(Cl)n1. The molecule has 0 bridgehead atoms. The van der Waals surface area contributed by atoms with E-state index in [-0.39, 0.29) is 16.6 Å². The van der Waals surface area contributed by atoms with E-state index < -0.39 is 0 Å². The molecule has 0 aliphatic rings. The number of carbonyl (C=O) groups is 1. The van der Waals surface area contributed by atoms with Crippen LogP contribution in [-0.2, 0) is 0 Å². The molecule has 0 saturated heterocycles. The first-order valence-corrected chi connectivity index (χ1v) is 7.63. The van der Waals surface area contributed by atoms with Crippen molar-refractivity contribution in [2.75, 3.05) is 11.6 Å². The first-order chi connectivity index (χ1) is 9.51. The Morgan fingerprint density at radius 3 is 2.70 bits per heavy atom. The molecule has 1 amide bonds. The van der Waals surface area contributed by atoms with Crippen LogP contribution in [0.15, 0.2) is 29.6 Å². The minimum atomic E-state index is -0.354. The number of thioether (sulfide) groups is 1. The Balaban J connectivity index is 2.24. The van der Waals surface area contributed by atoms with Crippen LogP contribution < -0.4 is 5.32 Å². The van der Waals surface area contributed by atoms with Gasteiger partial charge in [0, 0.05) is 16.9 Å². The Labute approximate surface area is 130 Å². The van der Waals surface area contributed by atoms with E-state index in [1.165, 1.54) is 18.0 Å². The first kappa shape index (κ1) is 15.1. The van der Waals surface area contributed by atoms with E-state index in [4.69, 9.17) is 23.2 Å². The quantitative estimate of drug-likeness (QED) is 0.524.